The van der Waals surface area contributed by atoms with E-state index in [1.807, 2.05) is 32.2 Å². The van der Waals surface area contributed by atoms with Crippen LogP contribution in [0.25, 0.3) is 0 Å². The van der Waals surface area contributed by atoms with E-state index < -0.39 is 0 Å². The van der Waals surface area contributed by atoms with Crippen molar-refractivity contribution in [3.8, 4) is 0 Å². The maximum absolute atomic E-state index is 12.4. The van der Waals surface area contributed by atoms with Crippen molar-refractivity contribution in [2.45, 2.75) is 57.9 Å². The van der Waals surface area contributed by atoms with Crippen molar-refractivity contribution >= 4 is 29.2 Å². The predicted octanol–water partition coefficient (Wildman–Crippen LogP) is 3.40. The largest absolute Gasteiger partial charge is 0.372 e. The Balaban J connectivity index is 1.56. The molecular formula is C21H29N5O2S. The number of thioether (sulfide) groups is 1. The number of rotatable bonds is 6. The van der Waals surface area contributed by atoms with Gasteiger partial charge in [0.2, 0.25) is 5.91 Å². The van der Waals surface area contributed by atoms with Crippen molar-refractivity contribution in [1.82, 2.24) is 15.0 Å². The first-order chi connectivity index (χ1) is 13.9. The molecule has 2 unspecified atom stereocenters. The van der Waals surface area contributed by atoms with Crippen LogP contribution in [0.1, 0.15) is 37.2 Å². The number of hydrogen-bond donors (Lipinski definition) is 1. The van der Waals surface area contributed by atoms with Gasteiger partial charge in [0, 0.05) is 30.9 Å². The molecular weight excluding hydrogens is 386 g/mol. The first kappa shape index (κ1) is 21.5. The molecule has 0 radical (unpaired) electrons. The third-order valence-electron chi connectivity index (χ3n) is 4.96. The molecule has 2 aromatic heterocycles. The van der Waals surface area contributed by atoms with Crippen LogP contribution in [-0.2, 0) is 16.0 Å². The second-order valence-electron chi connectivity index (χ2n) is 7.48. The van der Waals surface area contributed by atoms with Crippen molar-refractivity contribution in [3.63, 3.8) is 0 Å². The summed E-state index contributed by atoms with van der Waals surface area (Å²) < 4.78 is 5.77. The van der Waals surface area contributed by atoms with Crippen molar-refractivity contribution in [1.29, 1.82) is 0 Å². The average Bonchev–Trinajstić information content (AvgIpc) is 2.67. The number of ether oxygens (including phenoxy) is 1. The van der Waals surface area contributed by atoms with E-state index in [1.54, 1.807) is 6.20 Å². The van der Waals surface area contributed by atoms with Gasteiger partial charge in [-0.15, -0.1) is 0 Å². The van der Waals surface area contributed by atoms with Crippen LogP contribution in [0.3, 0.4) is 0 Å². The Morgan fingerprint density at radius 2 is 1.86 bits per heavy atom. The Morgan fingerprint density at radius 1 is 1.21 bits per heavy atom. The smallest absolute Gasteiger partial charge is 0.224 e. The third kappa shape index (κ3) is 5.67. The van der Waals surface area contributed by atoms with Crippen LogP contribution in [0.2, 0.25) is 0 Å². The third-order valence-corrected chi connectivity index (χ3v) is 5.51. The second kappa shape index (κ2) is 9.54. The molecule has 0 bridgehead atoms. The van der Waals surface area contributed by atoms with E-state index >= 15 is 0 Å². The zero-order chi connectivity index (χ0) is 21.0. The standard InChI is InChI=1S/C21H29N5O2S/c1-13-11-26(12-14(2)28-13)19-8-6-17(10-22-19)25-20(27)9-7-18-15(3)23-21(29-5)24-16(18)4/h6,8,10,13-14H,7,9,11-12H2,1-5H3,(H,25,27). The fourth-order valence-corrected chi connectivity index (χ4v) is 4.09. The van der Waals surface area contributed by atoms with Gasteiger partial charge in [0.1, 0.15) is 5.82 Å². The van der Waals surface area contributed by atoms with E-state index in [9.17, 15) is 4.79 Å². The zero-order valence-electron chi connectivity index (χ0n) is 17.7. The molecule has 0 spiro atoms. The molecule has 29 heavy (non-hydrogen) atoms. The van der Waals surface area contributed by atoms with Gasteiger partial charge in [-0.2, -0.15) is 0 Å². The summed E-state index contributed by atoms with van der Waals surface area (Å²) in [6.07, 6.45) is 5.03. The van der Waals surface area contributed by atoms with Crippen LogP contribution in [0.5, 0.6) is 0 Å². The summed E-state index contributed by atoms with van der Waals surface area (Å²) in [7, 11) is 0. The number of nitrogens with zero attached hydrogens (tertiary/aromatic N) is 4. The van der Waals surface area contributed by atoms with Crippen LogP contribution in [0, 0.1) is 13.8 Å². The summed E-state index contributed by atoms with van der Waals surface area (Å²) in [6.45, 7) is 9.72. The summed E-state index contributed by atoms with van der Waals surface area (Å²) in [5, 5.41) is 3.70. The molecule has 0 aliphatic carbocycles. The Morgan fingerprint density at radius 3 is 2.41 bits per heavy atom. The van der Waals surface area contributed by atoms with Crippen molar-refractivity contribution in [2.24, 2.45) is 0 Å². The van der Waals surface area contributed by atoms with Gasteiger partial charge in [0.15, 0.2) is 5.16 Å². The van der Waals surface area contributed by atoms with Crippen LogP contribution < -0.4 is 10.2 Å². The zero-order valence-corrected chi connectivity index (χ0v) is 18.5. The molecule has 1 aliphatic rings. The topological polar surface area (TPSA) is 80.2 Å². The maximum atomic E-state index is 12.4. The molecule has 1 fully saturated rings. The molecule has 1 N–H and O–H groups in total. The molecule has 1 aliphatic heterocycles. The molecule has 1 amide bonds. The fraction of sp³-hybridized carbons (Fsp3) is 0.524. The molecule has 2 atom stereocenters. The van der Waals surface area contributed by atoms with E-state index in [1.165, 1.54) is 11.8 Å². The molecule has 7 nitrogen and oxygen atoms in total. The lowest BCUT2D eigenvalue weighted by Crippen LogP contribution is -2.45. The fourth-order valence-electron chi connectivity index (χ4n) is 3.64. The average molecular weight is 416 g/mol. The van der Waals surface area contributed by atoms with Crippen LogP contribution in [-0.4, -0.2) is 52.4 Å². The highest BCUT2D eigenvalue weighted by Gasteiger charge is 2.23. The lowest BCUT2D eigenvalue weighted by molar-refractivity contribution is -0.116. The lowest BCUT2D eigenvalue weighted by atomic mass is 10.1. The number of carbonyl (C=O) groups is 1. The minimum absolute atomic E-state index is 0.0408. The minimum Gasteiger partial charge on any atom is -0.372 e. The van der Waals surface area contributed by atoms with Gasteiger partial charge in [0.05, 0.1) is 24.1 Å². The summed E-state index contributed by atoms with van der Waals surface area (Å²) in [4.78, 5) is 28.1. The normalized spacial score (nSPS) is 19.3. The SMILES string of the molecule is CSc1nc(C)c(CCC(=O)Nc2ccc(N3CC(C)OC(C)C3)nc2)c(C)n1. The first-order valence-electron chi connectivity index (χ1n) is 9.90. The highest BCUT2D eigenvalue weighted by Crippen LogP contribution is 2.20. The summed E-state index contributed by atoms with van der Waals surface area (Å²) in [5.41, 5.74) is 3.63. The van der Waals surface area contributed by atoms with E-state index in [4.69, 9.17) is 4.74 Å². The molecule has 0 saturated carbocycles. The second-order valence-corrected chi connectivity index (χ2v) is 8.25. The quantitative estimate of drug-likeness (QED) is 0.572. The van der Waals surface area contributed by atoms with Crippen molar-refractivity contribution in [2.75, 3.05) is 29.6 Å². The molecule has 3 heterocycles. The Kier molecular flexibility index (Phi) is 7.08. The Hall–Kier alpha value is -2.19. The number of hydrogen-bond acceptors (Lipinski definition) is 7. The Labute approximate surface area is 176 Å². The number of aryl methyl sites for hydroxylation is 2. The highest BCUT2D eigenvalue weighted by molar-refractivity contribution is 7.98. The lowest BCUT2D eigenvalue weighted by Gasteiger charge is -2.36. The van der Waals surface area contributed by atoms with Gasteiger partial charge in [-0.1, -0.05) is 11.8 Å². The number of pyridine rings is 1. The van der Waals surface area contributed by atoms with Gasteiger partial charge in [-0.25, -0.2) is 15.0 Å². The number of carbonyl (C=O) groups excluding carboxylic acids is 1. The van der Waals surface area contributed by atoms with Crippen LogP contribution in [0.15, 0.2) is 23.5 Å². The van der Waals surface area contributed by atoms with Gasteiger partial charge in [0.25, 0.3) is 0 Å². The summed E-state index contributed by atoms with van der Waals surface area (Å²) >= 11 is 1.52. The number of amides is 1. The van der Waals surface area contributed by atoms with E-state index in [2.05, 4.69) is 39.0 Å². The highest BCUT2D eigenvalue weighted by atomic mass is 32.2. The minimum atomic E-state index is -0.0408. The van der Waals surface area contributed by atoms with Crippen molar-refractivity contribution < 1.29 is 9.53 Å². The van der Waals surface area contributed by atoms with E-state index in [-0.39, 0.29) is 18.1 Å². The summed E-state index contributed by atoms with van der Waals surface area (Å²) in [6, 6.07) is 3.85. The van der Waals surface area contributed by atoms with Gasteiger partial charge in [-0.05, 0) is 58.1 Å². The van der Waals surface area contributed by atoms with Gasteiger partial charge >= 0.3 is 0 Å². The Bertz CT molecular complexity index is 826. The maximum Gasteiger partial charge on any atom is 0.224 e. The molecule has 1 saturated heterocycles. The number of aromatic nitrogens is 3. The molecule has 8 heteroatoms. The van der Waals surface area contributed by atoms with Crippen LogP contribution in [0.4, 0.5) is 11.5 Å². The van der Waals surface area contributed by atoms with Gasteiger partial charge < -0.3 is 15.0 Å². The van der Waals surface area contributed by atoms with E-state index in [0.717, 1.165) is 41.0 Å². The first-order valence-corrected chi connectivity index (χ1v) is 11.1. The molecule has 0 aromatic carbocycles. The molecule has 156 valence electrons. The summed E-state index contributed by atoms with van der Waals surface area (Å²) in [5.74, 6) is 0.864. The van der Waals surface area contributed by atoms with Gasteiger partial charge in [-0.3, -0.25) is 4.79 Å². The monoisotopic (exact) mass is 415 g/mol. The number of nitrogens with one attached hydrogen (secondary N) is 1. The number of anilines is 2. The molecule has 2 aromatic rings. The molecule has 3 rings (SSSR count). The van der Waals surface area contributed by atoms with Crippen LogP contribution >= 0.6 is 11.8 Å². The van der Waals surface area contributed by atoms with E-state index in [0.29, 0.717) is 18.5 Å². The number of morpholine rings is 1. The predicted molar refractivity (Wildman–Crippen MR) is 117 cm³/mol. The van der Waals surface area contributed by atoms with Crippen molar-refractivity contribution in [3.05, 3.63) is 35.3 Å².